The summed E-state index contributed by atoms with van der Waals surface area (Å²) in [6, 6.07) is 16.9. The minimum absolute atomic E-state index is 0.100. The van der Waals surface area contributed by atoms with Gasteiger partial charge in [-0.1, -0.05) is 110 Å². The molecule has 0 spiro atoms. The third-order valence-electron chi connectivity index (χ3n) is 7.50. The van der Waals surface area contributed by atoms with Crippen LogP contribution >= 0.6 is 15.9 Å². The first-order valence-corrected chi connectivity index (χ1v) is 17.1. The molecular weight excluding hydrogens is 620 g/mol. The first-order chi connectivity index (χ1) is 21.3. The number of alkyl halides is 1. The van der Waals surface area contributed by atoms with E-state index in [1.165, 1.54) is 31.2 Å². The molecule has 0 N–H and O–H groups in total. The summed E-state index contributed by atoms with van der Waals surface area (Å²) in [4.78, 5) is 25.4. The number of hydrogen-bond donors (Lipinski definition) is 0. The zero-order valence-electron chi connectivity index (χ0n) is 27.3. The quantitative estimate of drug-likeness (QED) is 0.0507. The van der Waals surface area contributed by atoms with Gasteiger partial charge in [-0.05, 0) is 74.1 Å². The van der Waals surface area contributed by atoms with Crippen molar-refractivity contribution in [3.8, 4) is 0 Å². The summed E-state index contributed by atoms with van der Waals surface area (Å²) in [5.74, 6) is -0.763. The van der Waals surface area contributed by atoms with Gasteiger partial charge in [-0.3, -0.25) is 9.59 Å². The molecule has 0 heterocycles. The van der Waals surface area contributed by atoms with E-state index in [-0.39, 0.29) is 25.4 Å². The second-order valence-corrected chi connectivity index (χ2v) is 13.2. The van der Waals surface area contributed by atoms with E-state index in [9.17, 15) is 9.59 Å². The molecule has 2 unspecified atom stereocenters. The van der Waals surface area contributed by atoms with Crippen molar-refractivity contribution in [2.45, 2.75) is 102 Å². The molecule has 0 saturated carbocycles. The number of carbonyl (C=O) groups is 2. The number of ether oxygens (including phenoxy) is 4. The van der Waals surface area contributed by atoms with Gasteiger partial charge >= 0.3 is 11.9 Å². The summed E-state index contributed by atoms with van der Waals surface area (Å²) in [5, 5.41) is 0. The highest BCUT2D eigenvalue weighted by molar-refractivity contribution is 9.10. The molecule has 0 aliphatic carbocycles. The zero-order valence-corrected chi connectivity index (χ0v) is 28.9. The summed E-state index contributed by atoms with van der Waals surface area (Å²) in [7, 11) is 1.55. The van der Waals surface area contributed by atoms with Gasteiger partial charge in [-0.2, -0.15) is 0 Å². The Morgan fingerprint density at radius 3 is 2.05 bits per heavy atom. The Bertz CT molecular complexity index is 1090. The maximum atomic E-state index is 13.3. The lowest BCUT2D eigenvalue weighted by Gasteiger charge is -2.25. The van der Waals surface area contributed by atoms with E-state index in [1.54, 1.807) is 14.0 Å². The monoisotopic (exact) mass is 672 g/mol. The molecule has 0 fully saturated rings. The average molecular weight is 674 g/mol. The summed E-state index contributed by atoms with van der Waals surface area (Å²) < 4.78 is 20.9. The van der Waals surface area contributed by atoms with Gasteiger partial charge in [0.1, 0.15) is 17.0 Å². The van der Waals surface area contributed by atoms with E-state index >= 15 is 0 Å². The fourth-order valence-corrected chi connectivity index (χ4v) is 4.87. The van der Waals surface area contributed by atoms with Gasteiger partial charge in [0, 0.05) is 26.7 Å². The molecule has 2 aromatic rings. The van der Waals surface area contributed by atoms with Crippen LogP contribution in [0.1, 0.15) is 113 Å². The van der Waals surface area contributed by atoms with Gasteiger partial charge in [0.2, 0.25) is 0 Å². The normalized spacial score (nSPS) is 13.5. The van der Waals surface area contributed by atoms with Crippen molar-refractivity contribution in [1.29, 1.82) is 0 Å². The van der Waals surface area contributed by atoms with Crippen molar-refractivity contribution in [2.24, 2.45) is 0 Å². The number of esters is 2. The Kier molecular flexibility index (Phi) is 18.9. The van der Waals surface area contributed by atoms with Crippen molar-refractivity contribution in [3.05, 3.63) is 70.8 Å². The maximum absolute atomic E-state index is 13.3. The van der Waals surface area contributed by atoms with Crippen molar-refractivity contribution in [3.63, 3.8) is 0 Å². The second kappa shape index (κ2) is 22.1. The SMILES string of the molecule is CCCCCOCCCCC(OC(=O)C(C)(Br)CCC(=O)OCCOC)c1ccc(/C=C/c2ccc(CCCC)cc2)cc1. The van der Waals surface area contributed by atoms with Crippen LogP contribution in [-0.2, 0) is 35.0 Å². The summed E-state index contributed by atoms with van der Waals surface area (Å²) in [6.07, 6.45) is 13.6. The molecule has 244 valence electrons. The van der Waals surface area contributed by atoms with Crippen LogP contribution in [0, 0.1) is 0 Å². The Hall–Kier alpha value is -2.48. The van der Waals surface area contributed by atoms with Crippen LogP contribution in [0.4, 0.5) is 0 Å². The van der Waals surface area contributed by atoms with E-state index in [0.29, 0.717) is 19.6 Å². The highest BCUT2D eigenvalue weighted by Crippen LogP contribution is 2.31. The number of benzene rings is 2. The van der Waals surface area contributed by atoms with E-state index in [4.69, 9.17) is 18.9 Å². The highest BCUT2D eigenvalue weighted by Gasteiger charge is 2.34. The Labute approximate surface area is 274 Å². The first kappa shape index (κ1) is 37.7. The standard InChI is InChI=1S/C37H53BrO6/c1-5-7-10-26-42-27-11-9-13-34(44-36(40)37(3,38)25-24-35(39)43-29-28-41-4)33-22-20-32(21-23-33)19-18-31-16-14-30(15-17-31)12-8-6-2/h14-23,34H,5-13,24-29H2,1-4H3/b19-18+. The summed E-state index contributed by atoms with van der Waals surface area (Å²) in [6.45, 7) is 8.17. The lowest BCUT2D eigenvalue weighted by Crippen LogP contribution is -2.32. The van der Waals surface area contributed by atoms with Gasteiger partial charge in [0.05, 0.1) is 6.61 Å². The average Bonchev–Trinajstić information content (AvgIpc) is 3.03. The minimum Gasteiger partial charge on any atom is -0.463 e. The number of halogens is 1. The smallest absolute Gasteiger partial charge is 0.323 e. The number of unbranched alkanes of at least 4 members (excludes halogenated alkanes) is 4. The van der Waals surface area contributed by atoms with Crippen molar-refractivity contribution in [2.75, 3.05) is 33.5 Å². The van der Waals surface area contributed by atoms with E-state index in [1.807, 2.05) is 12.1 Å². The second-order valence-electron chi connectivity index (χ2n) is 11.5. The largest absolute Gasteiger partial charge is 0.463 e. The molecule has 0 saturated heterocycles. The molecule has 0 radical (unpaired) electrons. The molecule has 44 heavy (non-hydrogen) atoms. The topological polar surface area (TPSA) is 71.1 Å². The molecule has 0 bridgehead atoms. The van der Waals surface area contributed by atoms with Crippen LogP contribution < -0.4 is 0 Å². The van der Waals surface area contributed by atoms with Crippen LogP contribution in [0.15, 0.2) is 48.5 Å². The fraction of sp³-hybridized carbons (Fsp3) is 0.568. The molecule has 6 nitrogen and oxygen atoms in total. The number of carbonyl (C=O) groups excluding carboxylic acids is 2. The minimum atomic E-state index is -1.01. The van der Waals surface area contributed by atoms with Crippen LogP contribution in [0.25, 0.3) is 12.2 Å². The van der Waals surface area contributed by atoms with Crippen LogP contribution in [0.3, 0.4) is 0 Å². The third kappa shape index (κ3) is 15.5. The lowest BCUT2D eigenvalue weighted by atomic mass is 10.0. The van der Waals surface area contributed by atoms with Gasteiger partial charge in [-0.25, -0.2) is 0 Å². The van der Waals surface area contributed by atoms with Crippen LogP contribution in [-0.4, -0.2) is 49.8 Å². The predicted molar refractivity (Wildman–Crippen MR) is 183 cm³/mol. The molecular formula is C37H53BrO6. The Balaban J connectivity index is 2.02. The van der Waals surface area contributed by atoms with Crippen molar-refractivity contribution < 1.29 is 28.5 Å². The Morgan fingerprint density at radius 1 is 0.818 bits per heavy atom. The van der Waals surface area contributed by atoms with Gasteiger partial charge in [-0.15, -0.1) is 0 Å². The molecule has 0 aromatic heterocycles. The van der Waals surface area contributed by atoms with E-state index in [0.717, 1.165) is 49.0 Å². The van der Waals surface area contributed by atoms with Crippen molar-refractivity contribution >= 4 is 40.0 Å². The predicted octanol–water partition coefficient (Wildman–Crippen LogP) is 9.28. The van der Waals surface area contributed by atoms with E-state index in [2.05, 4.69) is 78.3 Å². The van der Waals surface area contributed by atoms with Crippen LogP contribution in [0.5, 0.6) is 0 Å². The molecule has 7 heteroatoms. The molecule has 2 rings (SSSR count). The van der Waals surface area contributed by atoms with Crippen LogP contribution in [0.2, 0.25) is 0 Å². The zero-order chi connectivity index (χ0) is 32.0. The van der Waals surface area contributed by atoms with Crippen molar-refractivity contribution in [1.82, 2.24) is 0 Å². The number of methoxy groups -OCH3 is 1. The molecule has 0 aliphatic rings. The lowest BCUT2D eigenvalue weighted by molar-refractivity contribution is -0.153. The number of hydrogen-bond acceptors (Lipinski definition) is 6. The molecule has 2 aromatic carbocycles. The molecule has 0 amide bonds. The van der Waals surface area contributed by atoms with E-state index < -0.39 is 16.4 Å². The van der Waals surface area contributed by atoms with Gasteiger partial charge < -0.3 is 18.9 Å². The van der Waals surface area contributed by atoms with Gasteiger partial charge in [0.25, 0.3) is 0 Å². The molecule has 2 atom stereocenters. The third-order valence-corrected chi connectivity index (χ3v) is 8.22. The maximum Gasteiger partial charge on any atom is 0.323 e. The Morgan fingerprint density at radius 2 is 1.43 bits per heavy atom. The fourth-order valence-electron chi connectivity index (χ4n) is 4.58. The number of rotatable bonds is 23. The number of aryl methyl sites for hydroxylation is 1. The summed E-state index contributed by atoms with van der Waals surface area (Å²) in [5.41, 5.74) is 4.56. The summed E-state index contributed by atoms with van der Waals surface area (Å²) >= 11 is 3.52. The van der Waals surface area contributed by atoms with Gasteiger partial charge in [0.15, 0.2) is 0 Å². The first-order valence-electron chi connectivity index (χ1n) is 16.3. The molecule has 0 aliphatic heterocycles. The highest BCUT2D eigenvalue weighted by atomic mass is 79.9.